The highest BCUT2D eigenvalue weighted by Crippen LogP contribution is 2.19. The molecule has 17 heavy (non-hydrogen) atoms. The van der Waals surface area contributed by atoms with Crippen LogP contribution < -0.4 is 0 Å². The zero-order valence-corrected chi connectivity index (χ0v) is 10.3. The lowest BCUT2D eigenvalue weighted by atomic mass is 9.98. The number of aromatic nitrogens is 2. The number of carbonyl (C=O) groups excluding carboxylic acids is 2. The van der Waals surface area contributed by atoms with Crippen LogP contribution in [0.3, 0.4) is 0 Å². The monoisotopic (exact) mass is 255 g/mol. The molecule has 1 amide bonds. The summed E-state index contributed by atoms with van der Waals surface area (Å²) in [5.74, 6) is -0.629. The number of methoxy groups -OCH3 is 1. The fourth-order valence-corrected chi connectivity index (χ4v) is 2.35. The molecule has 1 atom stereocenters. The molecule has 0 aromatic carbocycles. The van der Waals surface area contributed by atoms with Crippen LogP contribution in [-0.4, -0.2) is 45.7 Å². The Kier molecular flexibility index (Phi) is 3.68. The Morgan fingerprint density at radius 3 is 3.06 bits per heavy atom. The van der Waals surface area contributed by atoms with Gasteiger partial charge in [-0.05, 0) is 12.8 Å². The van der Waals surface area contributed by atoms with Gasteiger partial charge in [0, 0.05) is 13.1 Å². The Bertz CT molecular complexity index is 407. The minimum absolute atomic E-state index is 0.160. The number of esters is 1. The van der Waals surface area contributed by atoms with E-state index in [0.29, 0.717) is 18.8 Å². The van der Waals surface area contributed by atoms with E-state index in [0.717, 1.165) is 24.6 Å². The fourth-order valence-electron chi connectivity index (χ4n) is 1.94. The van der Waals surface area contributed by atoms with Crippen LogP contribution in [0.4, 0.5) is 0 Å². The summed E-state index contributed by atoms with van der Waals surface area (Å²) in [5.41, 5.74) is 0.348. The van der Waals surface area contributed by atoms with Gasteiger partial charge in [0.05, 0.1) is 31.0 Å². The van der Waals surface area contributed by atoms with Gasteiger partial charge in [-0.25, -0.2) is 0 Å². The molecule has 92 valence electrons. The van der Waals surface area contributed by atoms with Crippen LogP contribution in [-0.2, 0) is 9.53 Å². The van der Waals surface area contributed by atoms with E-state index in [1.165, 1.54) is 13.3 Å². The van der Waals surface area contributed by atoms with Gasteiger partial charge in [-0.1, -0.05) is 0 Å². The molecule has 0 aliphatic carbocycles. The number of carbonyl (C=O) groups is 2. The van der Waals surface area contributed by atoms with Crippen LogP contribution in [0.15, 0.2) is 6.20 Å². The lowest BCUT2D eigenvalue weighted by Crippen LogP contribution is -2.42. The van der Waals surface area contributed by atoms with Gasteiger partial charge in [0.1, 0.15) is 0 Å². The maximum Gasteiger partial charge on any atom is 0.310 e. The summed E-state index contributed by atoms with van der Waals surface area (Å²) < 4.78 is 12.4. The van der Waals surface area contributed by atoms with Gasteiger partial charge in [0.25, 0.3) is 5.91 Å². The van der Waals surface area contributed by atoms with Gasteiger partial charge < -0.3 is 9.64 Å². The fraction of sp³-hybridized carbons (Fsp3) is 0.600. The van der Waals surface area contributed by atoms with Crippen molar-refractivity contribution in [2.45, 2.75) is 12.8 Å². The smallest absolute Gasteiger partial charge is 0.310 e. The van der Waals surface area contributed by atoms with Crippen molar-refractivity contribution in [2.75, 3.05) is 20.2 Å². The molecule has 6 nitrogen and oxygen atoms in total. The molecule has 0 unspecified atom stereocenters. The number of nitrogens with zero attached hydrogens (tertiary/aromatic N) is 3. The lowest BCUT2D eigenvalue weighted by molar-refractivity contribution is -0.146. The molecule has 1 aromatic rings. The van der Waals surface area contributed by atoms with Gasteiger partial charge in [-0.15, -0.1) is 0 Å². The van der Waals surface area contributed by atoms with E-state index >= 15 is 0 Å². The van der Waals surface area contributed by atoms with Crippen LogP contribution in [0.25, 0.3) is 0 Å². The van der Waals surface area contributed by atoms with Crippen LogP contribution >= 0.6 is 11.7 Å². The Morgan fingerprint density at radius 2 is 2.41 bits per heavy atom. The van der Waals surface area contributed by atoms with Gasteiger partial charge in [0.15, 0.2) is 5.69 Å². The predicted octanol–water partition coefficient (Wildman–Crippen LogP) is 0.563. The lowest BCUT2D eigenvalue weighted by Gasteiger charge is -2.30. The quantitative estimate of drug-likeness (QED) is 0.722. The molecule has 0 N–H and O–H groups in total. The van der Waals surface area contributed by atoms with Crippen LogP contribution in [0.2, 0.25) is 0 Å². The van der Waals surface area contributed by atoms with Crippen molar-refractivity contribution in [2.24, 2.45) is 5.92 Å². The van der Waals surface area contributed by atoms with Crippen molar-refractivity contribution in [1.82, 2.24) is 13.6 Å². The molecule has 2 heterocycles. The van der Waals surface area contributed by atoms with E-state index in [1.54, 1.807) is 4.90 Å². The van der Waals surface area contributed by atoms with Gasteiger partial charge in [-0.3, -0.25) is 9.59 Å². The Labute approximate surface area is 103 Å². The first kappa shape index (κ1) is 12.0. The summed E-state index contributed by atoms with van der Waals surface area (Å²) in [5, 5.41) is 0. The summed E-state index contributed by atoms with van der Waals surface area (Å²) in [6.45, 7) is 1.06. The summed E-state index contributed by atoms with van der Waals surface area (Å²) >= 11 is 1.00. The number of piperidine rings is 1. The molecule has 2 rings (SSSR count). The molecule has 1 aliphatic heterocycles. The SMILES string of the molecule is COC(=O)[C@H]1CCCN(C(=O)c2cnsn2)C1. The standard InChI is InChI=1S/C10H13N3O3S/c1-16-10(15)7-3-2-4-13(6-7)9(14)8-5-11-17-12-8/h5,7H,2-4,6H2,1H3/t7-/m0/s1. The number of hydrogen-bond donors (Lipinski definition) is 0. The molecule has 1 saturated heterocycles. The van der Waals surface area contributed by atoms with Crippen molar-refractivity contribution in [1.29, 1.82) is 0 Å². The summed E-state index contributed by atoms with van der Waals surface area (Å²) in [6.07, 6.45) is 3.03. The zero-order chi connectivity index (χ0) is 12.3. The first-order valence-electron chi connectivity index (χ1n) is 5.37. The van der Waals surface area contributed by atoms with E-state index < -0.39 is 0 Å². The van der Waals surface area contributed by atoms with Crippen LogP contribution in [0.1, 0.15) is 23.3 Å². The molecule has 1 aliphatic rings. The Balaban J connectivity index is 2.02. The molecule has 0 bridgehead atoms. The maximum absolute atomic E-state index is 12.0. The molecule has 0 spiro atoms. The highest BCUT2D eigenvalue weighted by molar-refractivity contribution is 6.99. The Hall–Kier alpha value is -1.50. The Morgan fingerprint density at radius 1 is 1.59 bits per heavy atom. The normalized spacial score (nSPS) is 20.1. The molecule has 0 saturated carbocycles. The van der Waals surface area contributed by atoms with E-state index in [9.17, 15) is 9.59 Å². The topological polar surface area (TPSA) is 72.4 Å². The molecule has 7 heteroatoms. The van der Waals surface area contributed by atoms with Crippen molar-refractivity contribution in [3.63, 3.8) is 0 Å². The highest BCUT2D eigenvalue weighted by atomic mass is 32.1. The van der Waals surface area contributed by atoms with Crippen molar-refractivity contribution >= 4 is 23.6 Å². The highest BCUT2D eigenvalue weighted by Gasteiger charge is 2.30. The third-order valence-electron chi connectivity index (χ3n) is 2.82. The van der Waals surface area contributed by atoms with Gasteiger partial charge in [-0.2, -0.15) is 8.75 Å². The van der Waals surface area contributed by atoms with Crippen molar-refractivity contribution in [3.05, 3.63) is 11.9 Å². The number of likely N-dealkylation sites (tertiary alicyclic amines) is 1. The maximum atomic E-state index is 12.0. The van der Waals surface area contributed by atoms with Crippen molar-refractivity contribution in [3.8, 4) is 0 Å². The second kappa shape index (κ2) is 5.22. The second-order valence-electron chi connectivity index (χ2n) is 3.91. The molecule has 0 radical (unpaired) electrons. The van der Waals surface area contributed by atoms with Crippen LogP contribution in [0.5, 0.6) is 0 Å². The average molecular weight is 255 g/mol. The summed E-state index contributed by atoms with van der Waals surface area (Å²) in [7, 11) is 1.37. The summed E-state index contributed by atoms with van der Waals surface area (Å²) in [4.78, 5) is 25.1. The number of rotatable bonds is 2. The van der Waals surface area contributed by atoms with Crippen LogP contribution in [0, 0.1) is 5.92 Å². The van der Waals surface area contributed by atoms with E-state index in [4.69, 9.17) is 4.74 Å². The number of ether oxygens (including phenoxy) is 1. The minimum Gasteiger partial charge on any atom is -0.469 e. The first-order chi connectivity index (χ1) is 8.22. The molecule has 1 fully saturated rings. The zero-order valence-electron chi connectivity index (χ0n) is 9.46. The first-order valence-corrected chi connectivity index (χ1v) is 6.10. The van der Waals surface area contributed by atoms with Gasteiger partial charge in [0.2, 0.25) is 0 Å². The average Bonchev–Trinajstić information content (AvgIpc) is 2.91. The number of amides is 1. The van der Waals surface area contributed by atoms with Crippen molar-refractivity contribution < 1.29 is 14.3 Å². The van der Waals surface area contributed by atoms with E-state index in [1.807, 2.05) is 0 Å². The number of hydrogen-bond acceptors (Lipinski definition) is 6. The largest absolute Gasteiger partial charge is 0.469 e. The molecular formula is C10H13N3O3S. The van der Waals surface area contributed by atoms with E-state index in [2.05, 4.69) is 8.75 Å². The third-order valence-corrected chi connectivity index (χ3v) is 3.30. The van der Waals surface area contributed by atoms with Gasteiger partial charge >= 0.3 is 5.97 Å². The van der Waals surface area contributed by atoms with E-state index in [-0.39, 0.29) is 17.8 Å². The second-order valence-corrected chi connectivity index (χ2v) is 4.46. The predicted molar refractivity (Wildman–Crippen MR) is 60.6 cm³/mol. The summed E-state index contributed by atoms with van der Waals surface area (Å²) in [6, 6.07) is 0. The minimum atomic E-state index is -0.251. The molecule has 1 aromatic heterocycles. The molecular weight excluding hydrogens is 242 g/mol. The third kappa shape index (κ3) is 2.60.